The van der Waals surface area contributed by atoms with Gasteiger partial charge in [0.25, 0.3) is 0 Å². The second-order valence-corrected chi connectivity index (χ2v) is 7.63. The summed E-state index contributed by atoms with van der Waals surface area (Å²) < 4.78 is 0. The van der Waals surface area contributed by atoms with Crippen LogP contribution < -0.4 is 5.32 Å². The van der Waals surface area contributed by atoms with E-state index in [9.17, 15) is 0 Å². The molecule has 26 heavy (non-hydrogen) atoms. The van der Waals surface area contributed by atoms with E-state index in [2.05, 4.69) is 54.0 Å². The van der Waals surface area contributed by atoms with Gasteiger partial charge in [0.2, 0.25) is 0 Å². The van der Waals surface area contributed by atoms with E-state index in [0.29, 0.717) is 5.11 Å². The smallest absolute Gasteiger partial charge is 0.194 e. The van der Waals surface area contributed by atoms with E-state index in [1.54, 1.807) is 11.3 Å². The second kappa shape index (κ2) is 7.40. The van der Waals surface area contributed by atoms with Gasteiger partial charge in [-0.25, -0.2) is 5.01 Å². The zero-order valence-corrected chi connectivity index (χ0v) is 16.1. The summed E-state index contributed by atoms with van der Waals surface area (Å²) in [6.07, 6.45) is 0.847. The average Bonchev–Trinajstić information content (AvgIpc) is 3.33. The molecule has 1 aliphatic heterocycles. The van der Waals surface area contributed by atoms with Crippen molar-refractivity contribution < 1.29 is 0 Å². The number of para-hydroxylation sites is 1. The average molecular weight is 378 g/mol. The largest absolute Gasteiger partial charge is 0.331 e. The minimum Gasteiger partial charge on any atom is -0.331 e. The van der Waals surface area contributed by atoms with E-state index in [4.69, 9.17) is 17.3 Å². The number of anilines is 1. The normalized spacial score (nSPS) is 16.4. The lowest BCUT2D eigenvalue weighted by molar-refractivity contribution is 0.375. The predicted molar refractivity (Wildman–Crippen MR) is 114 cm³/mol. The summed E-state index contributed by atoms with van der Waals surface area (Å²) >= 11 is 7.41. The van der Waals surface area contributed by atoms with E-state index >= 15 is 0 Å². The van der Waals surface area contributed by atoms with Crippen molar-refractivity contribution in [3.8, 4) is 0 Å². The Labute approximate surface area is 163 Å². The molecule has 0 fully saturated rings. The molecule has 5 heteroatoms. The van der Waals surface area contributed by atoms with Gasteiger partial charge in [-0.1, -0.05) is 54.1 Å². The molecule has 2 heterocycles. The number of nitrogens with zero attached hydrogens (tertiary/aromatic N) is 2. The summed E-state index contributed by atoms with van der Waals surface area (Å²) in [4.78, 5) is 1.20. The second-order valence-electron chi connectivity index (χ2n) is 6.30. The number of hydrogen-bond acceptors (Lipinski definition) is 3. The summed E-state index contributed by atoms with van der Waals surface area (Å²) in [5.74, 6) is 0. The van der Waals surface area contributed by atoms with Crippen LogP contribution in [0.15, 0.2) is 77.2 Å². The van der Waals surface area contributed by atoms with Crippen molar-refractivity contribution in [2.75, 3.05) is 5.32 Å². The third-order valence-electron chi connectivity index (χ3n) is 4.41. The molecule has 0 amide bonds. The molecule has 1 atom stereocenters. The van der Waals surface area contributed by atoms with Crippen molar-refractivity contribution >= 4 is 40.1 Å². The Morgan fingerprint density at radius 1 is 1.08 bits per heavy atom. The van der Waals surface area contributed by atoms with Crippen molar-refractivity contribution in [2.45, 2.75) is 19.4 Å². The van der Waals surface area contributed by atoms with E-state index in [0.717, 1.165) is 17.8 Å². The third kappa shape index (κ3) is 3.54. The molecule has 2 aromatic carbocycles. The molecular formula is C21H19N3S2. The lowest BCUT2D eigenvalue weighted by Crippen LogP contribution is -2.31. The van der Waals surface area contributed by atoms with Crippen molar-refractivity contribution in [2.24, 2.45) is 5.10 Å². The number of aryl methyl sites for hydroxylation is 1. The lowest BCUT2D eigenvalue weighted by atomic mass is 10.0. The highest BCUT2D eigenvalue weighted by Gasteiger charge is 2.31. The van der Waals surface area contributed by atoms with Crippen molar-refractivity contribution in [3.05, 3.63) is 88.1 Å². The van der Waals surface area contributed by atoms with E-state index in [1.165, 1.54) is 16.0 Å². The zero-order chi connectivity index (χ0) is 17.9. The third-order valence-corrected chi connectivity index (χ3v) is 5.62. The molecular weight excluding hydrogens is 358 g/mol. The van der Waals surface area contributed by atoms with Crippen LogP contribution in [0.2, 0.25) is 0 Å². The summed E-state index contributed by atoms with van der Waals surface area (Å²) in [5.41, 5.74) is 4.54. The van der Waals surface area contributed by atoms with Gasteiger partial charge in [-0.3, -0.25) is 0 Å². The molecule has 0 unspecified atom stereocenters. The van der Waals surface area contributed by atoms with Gasteiger partial charge in [-0.2, -0.15) is 5.10 Å². The minimum atomic E-state index is 0.108. The standard InChI is InChI=1S/C21H19N3S2/c1-15-9-11-16(12-10-15)19-14-18(20-8-5-13-26-20)23-24(19)21(25)22-17-6-3-2-4-7-17/h2-13,19H,14H2,1H3,(H,22,25)/t19-/m1/s1. The molecule has 1 aromatic heterocycles. The quantitative estimate of drug-likeness (QED) is 0.602. The van der Waals surface area contributed by atoms with Crippen molar-refractivity contribution in [1.29, 1.82) is 0 Å². The maximum absolute atomic E-state index is 5.69. The summed E-state index contributed by atoms with van der Waals surface area (Å²) in [5, 5.41) is 12.8. The number of thiophene rings is 1. The predicted octanol–water partition coefficient (Wildman–Crippen LogP) is 5.60. The first-order valence-electron chi connectivity index (χ1n) is 8.54. The number of nitrogens with one attached hydrogen (secondary N) is 1. The van der Waals surface area contributed by atoms with Gasteiger partial charge in [0.15, 0.2) is 5.11 Å². The molecule has 4 rings (SSSR count). The first-order chi connectivity index (χ1) is 12.7. The topological polar surface area (TPSA) is 27.6 Å². The zero-order valence-electron chi connectivity index (χ0n) is 14.4. The number of hydrogen-bond donors (Lipinski definition) is 1. The number of thiocarbonyl (C=S) groups is 1. The van der Waals surface area contributed by atoms with Crippen LogP contribution in [0.4, 0.5) is 5.69 Å². The Balaban J connectivity index is 1.64. The van der Waals surface area contributed by atoms with Gasteiger partial charge in [0.1, 0.15) is 0 Å². The Morgan fingerprint density at radius 2 is 1.85 bits per heavy atom. The Hall–Kier alpha value is -2.50. The van der Waals surface area contributed by atoms with E-state index in [1.807, 2.05) is 35.3 Å². The van der Waals surface area contributed by atoms with Crippen LogP contribution in [0.25, 0.3) is 0 Å². The Bertz CT molecular complexity index is 916. The fraction of sp³-hybridized carbons (Fsp3) is 0.143. The first kappa shape index (κ1) is 16.9. The maximum atomic E-state index is 5.69. The molecule has 1 aliphatic rings. The summed E-state index contributed by atoms with van der Waals surface area (Å²) in [6.45, 7) is 2.10. The summed E-state index contributed by atoms with van der Waals surface area (Å²) in [6, 6.07) is 22.9. The van der Waals surface area contributed by atoms with Crippen LogP contribution >= 0.6 is 23.6 Å². The van der Waals surface area contributed by atoms with E-state index < -0.39 is 0 Å². The SMILES string of the molecule is Cc1ccc([C@H]2CC(c3cccs3)=NN2C(=S)Nc2ccccc2)cc1. The highest BCUT2D eigenvalue weighted by molar-refractivity contribution is 7.80. The van der Waals surface area contributed by atoms with E-state index in [-0.39, 0.29) is 6.04 Å². The highest BCUT2D eigenvalue weighted by Crippen LogP contribution is 2.34. The molecule has 0 aliphatic carbocycles. The molecule has 0 saturated carbocycles. The summed E-state index contributed by atoms with van der Waals surface area (Å²) in [7, 11) is 0. The molecule has 1 N–H and O–H groups in total. The van der Waals surface area contributed by atoms with Crippen LogP contribution in [0.1, 0.15) is 28.5 Å². The Kier molecular flexibility index (Phi) is 4.82. The molecule has 0 spiro atoms. The lowest BCUT2D eigenvalue weighted by Gasteiger charge is -2.25. The number of benzene rings is 2. The fourth-order valence-corrected chi connectivity index (χ4v) is 4.05. The van der Waals surface area contributed by atoms with Crippen LogP contribution in [0.5, 0.6) is 0 Å². The molecule has 0 saturated heterocycles. The van der Waals surface area contributed by atoms with Gasteiger partial charge >= 0.3 is 0 Å². The van der Waals surface area contributed by atoms with Crippen LogP contribution in [0, 0.1) is 6.92 Å². The fourth-order valence-electron chi connectivity index (χ4n) is 3.04. The molecule has 0 radical (unpaired) electrons. The molecule has 130 valence electrons. The maximum Gasteiger partial charge on any atom is 0.194 e. The van der Waals surface area contributed by atoms with Gasteiger partial charge in [0.05, 0.1) is 16.6 Å². The highest BCUT2D eigenvalue weighted by atomic mass is 32.1. The Morgan fingerprint density at radius 3 is 2.54 bits per heavy atom. The van der Waals surface area contributed by atoms with Crippen LogP contribution in [-0.2, 0) is 0 Å². The van der Waals surface area contributed by atoms with Gasteiger partial charge in [-0.15, -0.1) is 11.3 Å². The van der Waals surface area contributed by atoms with Crippen molar-refractivity contribution in [1.82, 2.24) is 5.01 Å². The molecule has 3 nitrogen and oxygen atoms in total. The van der Waals surface area contributed by atoms with Gasteiger partial charge in [0, 0.05) is 12.1 Å². The van der Waals surface area contributed by atoms with Crippen LogP contribution in [-0.4, -0.2) is 15.8 Å². The first-order valence-corrected chi connectivity index (χ1v) is 9.83. The van der Waals surface area contributed by atoms with Crippen LogP contribution in [0.3, 0.4) is 0 Å². The number of rotatable bonds is 3. The minimum absolute atomic E-state index is 0.108. The van der Waals surface area contributed by atoms with Gasteiger partial charge < -0.3 is 5.32 Å². The monoisotopic (exact) mass is 377 g/mol. The number of hydrazone groups is 1. The van der Waals surface area contributed by atoms with Gasteiger partial charge in [-0.05, 0) is 48.3 Å². The molecule has 0 bridgehead atoms. The molecule has 3 aromatic rings. The van der Waals surface area contributed by atoms with Crippen molar-refractivity contribution in [3.63, 3.8) is 0 Å².